The number of amides is 1. The molecule has 2 rings (SSSR count). The van der Waals surface area contributed by atoms with Crippen LogP contribution in [0.25, 0.3) is 0 Å². The fraction of sp³-hybridized carbons (Fsp3) is 0.562. The minimum atomic E-state index is -4.42. The minimum Gasteiger partial charge on any atom is -0.490 e. The fourth-order valence-electron chi connectivity index (χ4n) is 2.40. The molecule has 4 nitrogen and oxygen atoms in total. The standard InChI is InChI=1S/C16H20F3NO3/c17-16(18,19)11-22-10-15(21)20-9-12-5-7-14(8-6-12)23-13-3-1-2-4-13/h5-8,13H,1-4,9-11H2,(H,20,21). The van der Waals surface area contributed by atoms with Crippen LogP contribution >= 0.6 is 0 Å². The quantitative estimate of drug-likeness (QED) is 0.835. The van der Waals surface area contributed by atoms with Gasteiger partial charge in [-0.3, -0.25) is 4.79 Å². The third-order valence-corrected chi connectivity index (χ3v) is 3.52. The molecule has 0 unspecified atom stereocenters. The number of rotatable bonds is 7. The van der Waals surface area contributed by atoms with Gasteiger partial charge < -0.3 is 14.8 Å². The number of carbonyl (C=O) groups excluding carboxylic acids is 1. The van der Waals surface area contributed by atoms with Crippen molar-refractivity contribution in [3.63, 3.8) is 0 Å². The van der Waals surface area contributed by atoms with Crippen LogP contribution < -0.4 is 10.1 Å². The molecule has 0 aliphatic heterocycles. The van der Waals surface area contributed by atoms with E-state index in [1.54, 1.807) is 0 Å². The zero-order chi connectivity index (χ0) is 16.7. The van der Waals surface area contributed by atoms with Crippen LogP contribution in [0.5, 0.6) is 5.75 Å². The van der Waals surface area contributed by atoms with Crippen LogP contribution in [0.3, 0.4) is 0 Å². The van der Waals surface area contributed by atoms with Crippen LogP contribution in [-0.4, -0.2) is 31.4 Å². The van der Waals surface area contributed by atoms with E-state index in [-0.39, 0.29) is 12.6 Å². The van der Waals surface area contributed by atoms with Crippen LogP contribution in [0.15, 0.2) is 24.3 Å². The Hall–Kier alpha value is -1.76. The predicted octanol–water partition coefficient (Wildman–Crippen LogP) is 3.20. The summed E-state index contributed by atoms with van der Waals surface area (Å²) >= 11 is 0. The number of benzene rings is 1. The average Bonchev–Trinajstić information content (AvgIpc) is 2.98. The maximum Gasteiger partial charge on any atom is 0.411 e. The normalized spacial score (nSPS) is 15.6. The van der Waals surface area contributed by atoms with Crippen molar-refractivity contribution in [1.29, 1.82) is 0 Å². The summed E-state index contributed by atoms with van der Waals surface area (Å²) in [6.45, 7) is -1.80. The number of hydrogen-bond donors (Lipinski definition) is 1. The van der Waals surface area contributed by atoms with Gasteiger partial charge >= 0.3 is 6.18 Å². The van der Waals surface area contributed by atoms with Gasteiger partial charge in [-0.05, 0) is 43.4 Å². The molecule has 1 aromatic carbocycles. The van der Waals surface area contributed by atoms with Gasteiger partial charge in [0, 0.05) is 6.54 Å². The first-order chi connectivity index (χ1) is 10.9. The molecular weight excluding hydrogens is 311 g/mol. The van der Waals surface area contributed by atoms with Gasteiger partial charge in [0.15, 0.2) is 0 Å². The summed E-state index contributed by atoms with van der Waals surface area (Å²) in [6, 6.07) is 7.31. The largest absolute Gasteiger partial charge is 0.490 e. The van der Waals surface area contributed by atoms with E-state index in [1.807, 2.05) is 24.3 Å². The molecule has 1 aliphatic carbocycles. The van der Waals surface area contributed by atoms with Gasteiger partial charge in [0.1, 0.15) is 19.0 Å². The maximum atomic E-state index is 11.9. The molecule has 0 heterocycles. The third-order valence-electron chi connectivity index (χ3n) is 3.52. The van der Waals surface area contributed by atoms with Gasteiger partial charge in [0.25, 0.3) is 0 Å². The van der Waals surface area contributed by atoms with E-state index in [4.69, 9.17) is 4.74 Å². The highest BCUT2D eigenvalue weighted by Gasteiger charge is 2.27. The minimum absolute atomic E-state index is 0.234. The molecule has 0 atom stereocenters. The smallest absolute Gasteiger partial charge is 0.411 e. The van der Waals surface area contributed by atoms with Gasteiger partial charge in [0.2, 0.25) is 5.91 Å². The van der Waals surface area contributed by atoms with Crippen LogP contribution in [0.4, 0.5) is 13.2 Å². The maximum absolute atomic E-state index is 11.9. The molecule has 0 aromatic heterocycles. The van der Waals surface area contributed by atoms with Gasteiger partial charge in [-0.25, -0.2) is 0 Å². The van der Waals surface area contributed by atoms with Crippen LogP contribution in [0.2, 0.25) is 0 Å². The van der Waals surface area contributed by atoms with E-state index in [2.05, 4.69) is 10.1 Å². The van der Waals surface area contributed by atoms with Gasteiger partial charge in [-0.1, -0.05) is 12.1 Å². The molecular formula is C16H20F3NO3. The Labute approximate surface area is 133 Å². The molecule has 0 bridgehead atoms. The van der Waals surface area contributed by atoms with Crippen molar-refractivity contribution >= 4 is 5.91 Å². The van der Waals surface area contributed by atoms with E-state index in [9.17, 15) is 18.0 Å². The Balaban J connectivity index is 1.68. The first-order valence-electron chi connectivity index (χ1n) is 7.59. The Bertz CT molecular complexity index is 496. The Morgan fingerprint density at radius 3 is 2.43 bits per heavy atom. The van der Waals surface area contributed by atoms with E-state index in [0.717, 1.165) is 24.2 Å². The third kappa shape index (κ3) is 6.90. The summed E-state index contributed by atoms with van der Waals surface area (Å²) in [6.07, 6.45) is 0.420. The van der Waals surface area contributed by atoms with Crippen molar-refractivity contribution in [1.82, 2.24) is 5.32 Å². The molecule has 1 fully saturated rings. The van der Waals surface area contributed by atoms with Crippen molar-refractivity contribution in [3.05, 3.63) is 29.8 Å². The summed E-state index contributed by atoms with van der Waals surface area (Å²) in [5.41, 5.74) is 0.841. The number of alkyl halides is 3. The second kappa shape index (κ2) is 8.19. The Morgan fingerprint density at radius 2 is 1.83 bits per heavy atom. The molecule has 1 N–H and O–H groups in total. The fourth-order valence-corrected chi connectivity index (χ4v) is 2.40. The molecule has 1 aliphatic rings. The van der Waals surface area contributed by atoms with E-state index in [0.29, 0.717) is 0 Å². The highest BCUT2D eigenvalue weighted by molar-refractivity contribution is 5.77. The lowest BCUT2D eigenvalue weighted by atomic mass is 10.2. The first-order valence-corrected chi connectivity index (χ1v) is 7.59. The van der Waals surface area contributed by atoms with E-state index in [1.165, 1.54) is 12.8 Å². The first kappa shape index (κ1) is 17.6. The lowest BCUT2D eigenvalue weighted by Gasteiger charge is -2.13. The van der Waals surface area contributed by atoms with Crippen molar-refractivity contribution in [2.45, 2.75) is 44.5 Å². The van der Waals surface area contributed by atoms with Gasteiger partial charge in [-0.2, -0.15) is 13.2 Å². The highest BCUT2D eigenvalue weighted by atomic mass is 19.4. The lowest BCUT2D eigenvalue weighted by Crippen LogP contribution is -2.29. The second-order valence-corrected chi connectivity index (χ2v) is 5.55. The topological polar surface area (TPSA) is 47.6 Å². The Kier molecular flexibility index (Phi) is 6.27. The molecule has 0 spiro atoms. The molecule has 7 heteroatoms. The van der Waals surface area contributed by atoms with Crippen molar-refractivity contribution < 1.29 is 27.4 Å². The van der Waals surface area contributed by atoms with Crippen LogP contribution in [0.1, 0.15) is 31.2 Å². The van der Waals surface area contributed by atoms with Crippen molar-refractivity contribution in [2.75, 3.05) is 13.2 Å². The monoisotopic (exact) mass is 331 g/mol. The van der Waals surface area contributed by atoms with Crippen LogP contribution in [0, 0.1) is 0 Å². The Morgan fingerprint density at radius 1 is 1.17 bits per heavy atom. The van der Waals surface area contributed by atoms with Crippen LogP contribution in [-0.2, 0) is 16.1 Å². The number of hydrogen-bond acceptors (Lipinski definition) is 3. The molecule has 1 aromatic rings. The summed E-state index contributed by atoms with van der Waals surface area (Å²) < 4.78 is 45.7. The number of ether oxygens (including phenoxy) is 2. The average molecular weight is 331 g/mol. The molecule has 0 saturated heterocycles. The summed E-state index contributed by atoms with van der Waals surface area (Å²) in [5, 5.41) is 2.51. The highest BCUT2D eigenvalue weighted by Crippen LogP contribution is 2.24. The number of halogens is 3. The predicted molar refractivity (Wildman–Crippen MR) is 78.0 cm³/mol. The van der Waals surface area contributed by atoms with E-state index < -0.39 is 25.3 Å². The molecule has 1 saturated carbocycles. The SMILES string of the molecule is O=C(COCC(F)(F)F)NCc1ccc(OC2CCCC2)cc1. The molecule has 23 heavy (non-hydrogen) atoms. The van der Waals surface area contributed by atoms with Gasteiger partial charge in [0.05, 0.1) is 6.10 Å². The number of nitrogens with one attached hydrogen (secondary N) is 1. The zero-order valence-electron chi connectivity index (χ0n) is 12.7. The lowest BCUT2D eigenvalue weighted by molar-refractivity contribution is -0.175. The molecule has 128 valence electrons. The van der Waals surface area contributed by atoms with Crippen molar-refractivity contribution in [3.8, 4) is 5.75 Å². The van der Waals surface area contributed by atoms with Gasteiger partial charge in [-0.15, -0.1) is 0 Å². The molecule has 0 radical (unpaired) electrons. The summed E-state index contributed by atoms with van der Waals surface area (Å²) in [7, 11) is 0. The second-order valence-electron chi connectivity index (χ2n) is 5.55. The van der Waals surface area contributed by atoms with Crippen molar-refractivity contribution in [2.24, 2.45) is 0 Å². The zero-order valence-corrected chi connectivity index (χ0v) is 12.7. The summed E-state index contributed by atoms with van der Waals surface area (Å²) in [4.78, 5) is 11.4. The number of carbonyl (C=O) groups is 1. The molecule has 1 amide bonds. The van der Waals surface area contributed by atoms with E-state index >= 15 is 0 Å². The summed E-state index contributed by atoms with van der Waals surface area (Å²) in [5.74, 6) is 0.209.